The Morgan fingerprint density at radius 2 is 2.18 bits per heavy atom. The first-order valence-corrected chi connectivity index (χ1v) is 7.91. The second kappa shape index (κ2) is 5.89. The fourth-order valence-corrected chi connectivity index (χ4v) is 3.48. The molecule has 1 aliphatic heterocycles. The molecule has 4 heteroatoms. The van der Waals surface area contributed by atoms with E-state index in [-0.39, 0.29) is 0 Å². The van der Waals surface area contributed by atoms with Gasteiger partial charge in [-0.3, -0.25) is 9.88 Å². The number of hydrogen-bond acceptors (Lipinski definition) is 3. The first kappa shape index (κ1) is 13.5. The van der Waals surface area contributed by atoms with Crippen LogP contribution in [-0.4, -0.2) is 32.9 Å². The molecule has 1 N–H and O–H groups in total. The summed E-state index contributed by atoms with van der Waals surface area (Å²) in [5, 5.41) is 1.30. The lowest BCUT2D eigenvalue weighted by Crippen LogP contribution is -2.20. The van der Waals surface area contributed by atoms with E-state index in [2.05, 4.69) is 50.2 Å². The Morgan fingerprint density at radius 1 is 1.23 bits per heavy atom. The van der Waals surface area contributed by atoms with E-state index in [1.54, 1.807) is 6.33 Å². The third kappa shape index (κ3) is 2.74. The van der Waals surface area contributed by atoms with Crippen LogP contribution in [0.15, 0.2) is 49.1 Å². The van der Waals surface area contributed by atoms with E-state index in [1.165, 1.54) is 29.6 Å². The molecule has 0 aliphatic carbocycles. The zero-order valence-corrected chi connectivity index (χ0v) is 12.6. The fraction of sp³-hybridized carbons (Fsp3) is 0.333. The average Bonchev–Trinajstić information content (AvgIpc) is 3.20. The lowest BCUT2D eigenvalue weighted by Gasteiger charge is -2.15. The minimum atomic E-state index is 0.730. The molecule has 0 spiro atoms. The molecule has 0 bridgehead atoms. The first-order chi connectivity index (χ1) is 10.9. The van der Waals surface area contributed by atoms with Crippen molar-refractivity contribution in [1.29, 1.82) is 0 Å². The number of nitrogens with zero attached hydrogens (tertiary/aromatic N) is 3. The van der Waals surface area contributed by atoms with Crippen molar-refractivity contribution in [2.45, 2.75) is 19.4 Å². The second-order valence-electron chi connectivity index (χ2n) is 6.16. The Balaban J connectivity index is 1.45. The third-order valence-corrected chi connectivity index (χ3v) is 4.57. The highest BCUT2D eigenvalue weighted by atomic mass is 15.2. The number of aromatic nitrogens is 3. The Bertz CT molecular complexity index is 745. The van der Waals surface area contributed by atoms with Crippen LogP contribution in [0.25, 0.3) is 10.9 Å². The largest absolute Gasteiger partial charge is 0.347 e. The van der Waals surface area contributed by atoms with Gasteiger partial charge in [-0.2, -0.15) is 0 Å². The number of H-pyrrole nitrogens is 1. The third-order valence-electron chi connectivity index (χ3n) is 4.57. The van der Waals surface area contributed by atoms with Crippen LogP contribution in [0, 0.1) is 5.92 Å². The van der Waals surface area contributed by atoms with Gasteiger partial charge in [0.15, 0.2) is 0 Å². The monoisotopic (exact) mass is 292 g/mol. The van der Waals surface area contributed by atoms with E-state index in [9.17, 15) is 0 Å². The highest BCUT2D eigenvalue weighted by Crippen LogP contribution is 2.25. The molecule has 4 nitrogen and oxygen atoms in total. The quantitative estimate of drug-likeness (QED) is 0.804. The molecule has 0 radical (unpaired) electrons. The van der Waals surface area contributed by atoms with Gasteiger partial charge in [0.2, 0.25) is 0 Å². The summed E-state index contributed by atoms with van der Waals surface area (Å²) >= 11 is 0. The predicted molar refractivity (Wildman–Crippen MR) is 87.4 cm³/mol. The zero-order chi connectivity index (χ0) is 14.8. The summed E-state index contributed by atoms with van der Waals surface area (Å²) in [6, 6.07) is 10.6. The highest BCUT2D eigenvalue weighted by Gasteiger charge is 2.23. The van der Waals surface area contributed by atoms with Crippen molar-refractivity contribution >= 4 is 10.9 Å². The fourth-order valence-electron chi connectivity index (χ4n) is 3.48. The first-order valence-electron chi connectivity index (χ1n) is 7.91. The Kier molecular flexibility index (Phi) is 3.60. The Labute approximate surface area is 130 Å². The van der Waals surface area contributed by atoms with Crippen LogP contribution in [0.3, 0.4) is 0 Å². The smallest absolute Gasteiger partial charge is 0.0922 e. The molecule has 3 aromatic rings. The number of likely N-dealkylation sites (tertiary alicyclic amines) is 1. The van der Waals surface area contributed by atoms with Crippen molar-refractivity contribution in [1.82, 2.24) is 19.9 Å². The summed E-state index contributed by atoms with van der Waals surface area (Å²) in [6.07, 6.45) is 8.03. The van der Waals surface area contributed by atoms with Crippen LogP contribution >= 0.6 is 0 Å². The average molecular weight is 292 g/mol. The summed E-state index contributed by atoms with van der Waals surface area (Å²) in [7, 11) is 0. The summed E-state index contributed by atoms with van der Waals surface area (Å²) in [6.45, 7) is 3.32. The molecular weight excluding hydrogens is 272 g/mol. The molecule has 1 aromatic carbocycles. The van der Waals surface area contributed by atoms with Crippen LogP contribution in [0.2, 0.25) is 0 Å². The van der Waals surface area contributed by atoms with Crippen LogP contribution in [-0.2, 0) is 13.0 Å². The minimum absolute atomic E-state index is 0.730. The molecule has 1 aliphatic rings. The molecule has 1 saturated heterocycles. The maximum atomic E-state index is 4.46. The Morgan fingerprint density at radius 3 is 3.09 bits per heavy atom. The topological polar surface area (TPSA) is 44.8 Å². The van der Waals surface area contributed by atoms with Crippen LogP contribution in [0.5, 0.6) is 0 Å². The predicted octanol–water partition coefficient (Wildman–Crippen LogP) is 3.02. The molecule has 112 valence electrons. The Hall–Kier alpha value is -2.20. The molecule has 3 heterocycles. The number of nitrogens with one attached hydrogen (secondary N) is 1. The van der Waals surface area contributed by atoms with Gasteiger partial charge in [0.1, 0.15) is 0 Å². The SMILES string of the molecule is c1ccc2c(C[C@H]3CCN(Cc4cnc[nH]4)C3)ccnc2c1. The number of benzene rings is 1. The van der Waals surface area contributed by atoms with E-state index in [0.29, 0.717) is 0 Å². The number of para-hydroxylation sites is 1. The number of imidazole rings is 1. The van der Waals surface area contributed by atoms with E-state index in [1.807, 2.05) is 12.4 Å². The molecule has 0 saturated carbocycles. The van der Waals surface area contributed by atoms with Crippen molar-refractivity contribution in [2.24, 2.45) is 5.92 Å². The van der Waals surface area contributed by atoms with Crippen LogP contribution in [0.4, 0.5) is 0 Å². The molecule has 1 atom stereocenters. The maximum absolute atomic E-state index is 4.46. The van der Waals surface area contributed by atoms with Gasteiger partial charge in [-0.05, 0) is 43.0 Å². The summed E-state index contributed by atoms with van der Waals surface area (Å²) in [5.74, 6) is 0.730. The second-order valence-corrected chi connectivity index (χ2v) is 6.16. The number of pyridine rings is 1. The van der Waals surface area contributed by atoms with Gasteiger partial charge in [0.05, 0.1) is 11.8 Å². The van der Waals surface area contributed by atoms with Gasteiger partial charge in [-0.25, -0.2) is 4.98 Å². The van der Waals surface area contributed by atoms with E-state index >= 15 is 0 Å². The molecule has 1 fully saturated rings. The summed E-state index contributed by atoms with van der Waals surface area (Å²) in [5.41, 5.74) is 3.74. The van der Waals surface area contributed by atoms with Crippen LogP contribution < -0.4 is 0 Å². The number of aromatic amines is 1. The van der Waals surface area contributed by atoms with Crippen molar-refractivity contribution in [3.8, 4) is 0 Å². The molecule has 22 heavy (non-hydrogen) atoms. The van der Waals surface area contributed by atoms with E-state index in [0.717, 1.165) is 30.9 Å². The molecule has 0 amide bonds. The zero-order valence-electron chi connectivity index (χ0n) is 12.6. The molecule has 0 unspecified atom stereocenters. The molecule has 4 rings (SSSR count). The van der Waals surface area contributed by atoms with Gasteiger partial charge in [0.25, 0.3) is 0 Å². The van der Waals surface area contributed by atoms with Gasteiger partial charge in [0, 0.05) is 36.6 Å². The van der Waals surface area contributed by atoms with Crippen molar-refractivity contribution in [2.75, 3.05) is 13.1 Å². The van der Waals surface area contributed by atoms with E-state index < -0.39 is 0 Å². The number of hydrogen-bond donors (Lipinski definition) is 1. The van der Waals surface area contributed by atoms with Crippen LogP contribution in [0.1, 0.15) is 17.7 Å². The maximum Gasteiger partial charge on any atom is 0.0922 e. The molecule has 2 aromatic heterocycles. The van der Waals surface area contributed by atoms with E-state index in [4.69, 9.17) is 0 Å². The number of fused-ring (bicyclic) bond motifs is 1. The van der Waals surface area contributed by atoms with Gasteiger partial charge < -0.3 is 4.98 Å². The lowest BCUT2D eigenvalue weighted by molar-refractivity contribution is 0.313. The normalized spacial score (nSPS) is 19.0. The minimum Gasteiger partial charge on any atom is -0.347 e. The van der Waals surface area contributed by atoms with Gasteiger partial charge in [-0.15, -0.1) is 0 Å². The number of rotatable bonds is 4. The summed E-state index contributed by atoms with van der Waals surface area (Å²) < 4.78 is 0. The van der Waals surface area contributed by atoms with Crippen molar-refractivity contribution < 1.29 is 0 Å². The van der Waals surface area contributed by atoms with Crippen molar-refractivity contribution in [3.63, 3.8) is 0 Å². The lowest BCUT2D eigenvalue weighted by atomic mass is 9.96. The van der Waals surface area contributed by atoms with Gasteiger partial charge in [-0.1, -0.05) is 18.2 Å². The highest BCUT2D eigenvalue weighted by molar-refractivity contribution is 5.81. The molecular formula is C18H20N4. The standard InChI is InChI=1S/C18H20N4/c1-2-4-18-17(3-1)15(5-7-20-18)9-14-6-8-22(11-14)12-16-10-19-13-21-16/h1-5,7,10,13-14H,6,8-9,11-12H2,(H,19,21)/t14-/m1/s1. The van der Waals surface area contributed by atoms with Crippen molar-refractivity contribution in [3.05, 3.63) is 60.3 Å². The summed E-state index contributed by atoms with van der Waals surface area (Å²) in [4.78, 5) is 14.3. The van der Waals surface area contributed by atoms with Gasteiger partial charge >= 0.3 is 0 Å².